The van der Waals surface area contributed by atoms with Crippen molar-refractivity contribution in [1.82, 2.24) is 0 Å². The van der Waals surface area contributed by atoms with Crippen molar-refractivity contribution in [2.45, 2.75) is 25.6 Å². The number of anilines is 1. The van der Waals surface area contributed by atoms with E-state index < -0.39 is 11.7 Å². The molecule has 1 aliphatic rings. The fourth-order valence-corrected chi connectivity index (χ4v) is 2.58. The van der Waals surface area contributed by atoms with Gasteiger partial charge >= 0.3 is 6.18 Å². The van der Waals surface area contributed by atoms with E-state index in [1.54, 1.807) is 6.07 Å². The molecule has 2 aromatic rings. The van der Waals surface area contributed by atoms with E-state index in [2.05, 4.69) is 5.32 Å². The lowest BCUT2D eigenvalue weighted by molar-refractivity contribution is -0.137. The lowest BCUT2D eigenvalue weighted by Crippen LogP contribution is -2.32. The number of ether oxygens (including phenoxy) is 1. The molecule has 0 fully saturated rings. The molecule has 0 saturated heterocycles. The summed E-state index contributed by atoms with van der Waals surface area (Å²) in [6.07, 6.45) is -4.06. The Bertz CT molecular complexity index is 682. The van der Waals surface area contributed by atoms with Crippen LogP contribution in [0.5, 0.6) is 5.75 Å². The molecule has 0 saturated carbocycles. The van der Waals surface area contributed by atoms with Gasteiger partial charge in [-0.1, -0.05) is 24.3 Å². The van der Waals surface area contributed by atoms with Gasteiger partial charge in [-0.2, -0.15) is 13.2 Å². The highest BCUT2D eigenvalue weighted by molar-refractivity contribution is 5.59. The van der Waals surface area contributed by atoms with Gasteiger partial charge in [0.1, 0.15) is 11.9 Å². The van der Waals surface area contributed by atoms with Crippen LogP contribution < -0.4 is 10.1 Å². The average molecular weight is 307 g/mol. The Hall–Kier alpha value is -2.17. The highest BCUT2D eigenvalue weighted by Gasteiger charge is 2.30. The van der Waals surface area contributed by atoms with Gasteiger partial charge in [-0.05, 0) is 36.2 Å². The van der Waals surface area contributed by atoms with Crippen LogP contribution in [-0.4, -0.2) is 12.6 Å². The molecule has 1 unspecified atom stereocenters. The highest BCUT2D eigenvalue weighted by atomic mass is 19.4. The number of nitrogens with one attached hydrogen (secondary N) is 1. The first-order valence-corrected chi connectivity index (χ1v) is 7.09. The number of benzene rings is 2. The van der Waals surface area contributed by atoms with Gasteiger partial charge < -0.3 is 10.1 Å². The third-order valence-corrected chi connectivity index (χ3v) is 3.67. The molecule has 0 spiro atoms. The smallest absolute Gasteiger partial charge is 0.416 e. The van der Waals surface area contributed by atoms with Gasteiger partial charge in [0.05, 0.1) is 17.8 Å². The number of rotatable bonds is 2. The normalized spacial score (nSPS) is 17.4. The monoisotopic (exact) mass is 307 g/mol. The van der Waals surface area contributed by atoms with E-state index in [0.717, 1.165) is 23.1 Å². The number of halogens is 3. The molecule has 5 heteroatoms. The van der Waals surface area contributed by atoms with Gasteiger partial charge in [0, 0.05) is 6.42 Å². The molecule has 0 radical (unpaired) electrons. The first-order valence-electron chi connectivity index (χ1n) is 7.09. The second-order valence-electron chi connectivity index (χ2n) is 5.52. The molecule has 1 aliphatic heterocycles. The zero-order valence-corrected chi connectivity index (χ0v) is 12.1. The molecule has 1 N–H and O–H groups in total. The molecular formula is C17H16F3NO. The number of alkyl halides is 3. The van der Waals surface area contributed by atoms with E-state index in [0.29, 0.717) is 18.5 Å². The van der Waals surface area contributed by atoms with Crippen molar-refractivity contribution in [3.8, 4) is 5.75 Å². The summed E-state index contributed by atoms with van der Waals surface area (Å²) in [4.78, 5) is 0. The van der Waals surface area contributed by atoms with E-state index in [1.165, 1.54) is 12.1 Å². The van der Waals surface area contributed by atoms with Crippen LogP contribution in [-0.2, 0) is 12.6 Å². The van der Waals surface area contributed by atoms with Crippen LogP contribution in [0.3, 0.4) is 0 Å². The van der Waals surface area contributed by atoms with Crippen LogP contribution in [0.15, 0.2) is 42.5 Å². The molecule has 2 nitrogen and oxygen atoms in total. The Kier molecular flexibility index (Phi) is 3.72. The first kappa shape index (κ1) is 14.8. The van der Waals surface area contributed by atoms with Gasteiger partial charge in [-0.25, -0.2) is 0 Å². The summed E-state index contributed by atoms with van der Waals surface area (Å²) in [5.41, 5.74) is 2.06. The van der Waals surface area contributed by atoms with Crippen molar-refractivity contribution in [1.29, 1.82) is 0 Å². The zero-order chi connectivity index (χ0) is 15.7. The van der Waals surface area contributed by atoms with E-state index in [9.17, 15) is 13.2 Å². The summed E-state index contributed by atoms with van der Waals surface area (Å²) in [5.74, 6) is 0.744. The third kappa shape index (κ3) is 3.18. The molecule has 1 heterocycles. The maximum atomic E-state index is 12.7. The predicted octanol–water partition coefficient (Wildman–Crippen LogP) is 4.43. The van der Waals surface area contributed by atoms with Crippen molar-refractivity contribution in [3.05, 3.63) is 59.2 Å². The Balaban J connectivity index is 1.74. The van der Waals surface area contributed by atoms with Crippen LogP contribution >= 0.6 is 0 Å². The van der Waals surface area contributed by atoms with Gasteiger partial charge in [0.25, 0.3) is 0 Å². The van der Waals surface area contributed by atoms with Crippen LogP contribution in [0, 0.1) is 6.92 Å². The van der Waals surface area contributed by atoms with Crippen molar-refractivity contribution in [2.75, 3.05) is 11.9 Å². The van der Waals surface area contributed by atoms with Crippen molar-refractivity contribution in [2.24, 2.45) is 0 Å². The Morgan fingerprint density at radius 3 is 2.77 bits per heavy atom. The van der Waals surface area contributed by atoms with Crippen molar-refractivity contribution >= 4 is 5.69 Å². The topological polar surface area (TPSA) is 21.3 Å². The zero-order valence-electron chi connectivity index (χ0n) is 12.1. The molecular weight excluding hydrogens is 291 g/mol. The van der Waals surface area contributed by atoms with Crippen LogP contribution in [0.1, 0.15) is 16.7 Å². The highest BCUT2D eigenvalue weighted by Crippen LogP contribution is 2.32. The summed E-state index contributed by atoms with van der Waals surface area (Å²) >= 11 is 0. The molecule has 116 valence electrons. The largest absolute Gasteiger partial charge is 0.486 e. The van der Waals surface area contributed by atoms with Crippen LogP contribution in [0.2, 0.25) is 0 Å². The minimum Gasteiger partial charge on any atom is -0.486 e. The summed E-state index contributed by atoms with van der Waals surface area (Å²) in [7, 11) is 0. The van der Waals surface area contributed by atoms with Gasteiger partial charge in [0.2, 0.25) is 0 Å². The molecule has 2 aromatic carbocycles. The number of hydrogen-bond acceptors (Lipinski definition) is 2. The second kappa shape index (κ2) is 5.55. The molecule has 3 rings (SSSR count). The van der Waals surface area contributed by atoms with E-state index in [-0.39, 0.29) is 6.10 Å². The van der Waals surface area contributed by atoms with Crippen molar-refractivity contribution < 1.29 is 17.9 Å². The lowest BCUT2D eigenvalue weighted by Gasteiger charge is -2.28. The summed E-state index contributed by atoms with van der Waals surface area (Å²) in [5, 5.41) is 3.27. The summed E-state index contributed by atoms with van der Waals surface area (Å²) in [6.45, 7) is 2.57. The minimum atomic E-state index is -4.31. The average Bonchev–Trinajstić information content (AvgIpc) is 2.47. The summed E-state index contributed by atoms with van der Waals surface area (Å²) in [6, 6.07) is 11.2. The lowest BCUT2D eigenvalue weighted by atomic mass is 10.0. The Morgan fingerprint density at radius 1 is 1.18 bits per heavy atom. The van der Waals surface area contributed by atoms with Crippen LogP contribution in [0.25, 0.3) is 0 Å². The van der Waals surface area contributed by atoms with E-state index >= 15 is 0 Å². The number of hydrogen-bond donors (Lipinski definition) is 1. The fraction of sp³-hybridized carbons (Fsp3) is 0.294. The summed E-state index contributed by atoms with van der Waals surface area (Å²) < 4.78 is 44.1. The molecule has 1 atom stereocenters. The van der Waals surface area contributed by atoms with Crippen molar-refractivity contribution in [3.63, 3.8) is 0 Å². The van der Waals surface area contributed by atoms with Crippen LogP contribution in [0.4, 0.5) is 18.9 Å². The Labute approximate surface area is 126 Å². The second-order valence-corrected chi connectivity index (χ2v) is 5.52. The predicted molar refractivity (Wildman–Crippen MR) is 79.2 cm³/mol. The maximum absolute atomic E-state index is 12.7. The molecule has 22 heavy (non-hydrogen) atoms. The first-order chi connectivity index (χ1) is 10.4. The Morgan fingerprint density at radius 2 is 2.00 bits per heavy atom. The standard InChI is InChI=1S/C17H16F3NO/c1-11-5-6-16-15(7-11)21-10-14(22-16)9-12-3-2-4-13(8-12)17(18,19)20/h2-8,14,21H,9-10H2,1H3. The quantitative estimate of drug-likeness (QED) is 0.886. The fourth-order valence-electron chi connectivity index (χ4n) is 2.58. The van der Waals surface area contributed by atoms with Gasteiger partial charge in [-0.3, -0.25) is 0 Å². The molecule has 0 amide bonds. The molecule has 0 bridgehead atoms. The van der Waals surface area contributed by atoms with Gasteiger partial charge in [-0.15, -0.1) is 0 Å². The molecule has 0 aromatic heterocycles. The minimum absolute atomic E-state index is 0.182. The number of fused-ring (bicyclic) bond motifs is 1. The SMILES string of the molecule is Cc1ccc2c(c1)NCC(Cc1cccc(C(F)(F)F)c1)O2. The van der Waals surface area contributed by atoms with Gasteiger partial charge in [0.15, 0.2) is 0 Å². The van der Waals surface area contributed by atoms with E-state index in [4.69, 9.17) is 4.74 Å². The third-order valence-electron chi connectivity index (χ3n) is 3.67. The van der Waals surface area contributed by atoms with E-state index in [1.807, 2.05) is 25.1 Å². The number of aryl methyl sites for hydroxylation is 1. The molecule has 0 aliphatic carbocycles. The maximum Gasteiger partial charge on any atom is 0.416 e.